The molecule has 1 aliphatic heterocycles. The van der Waals surface area contributed by atoms with Gasteiger partial charge in [-0.2, -0.15) is 17.4 Å². The van der Waals surface area contributed by atoms with Gasteiger partial charge in [0.15, 0.2) is 0 Å². The Labute approximate surface area is 196 Å². The number of carbonyl (C=O) groups excluding carboxylic acids is 1. The van der Waals surface area contributed by atoms with E-state index in [1.165, 1.54) is 4.31 Å². The van der Waals surface area contributed by atoms with Crippen LogP contribution in [0.1, 0.15) is 35.2 Å². The molecule has 1 saturated heterocycles. The van der Waals surface area contributed by atoms with Crippen LogP contribution in [0.4, 0.5) is 5.69 Å². The van der Waals surface area contributed by atoms with Crippen LogP contribution in [0.3, 0.4) is 0 Å². The van der Waals surface area contributed by atoms with Crippen molar-refractivity contribution in [1.29, 1.82) is 0 Å². The number of anilines is 1. The summed E-state index contributed by atoms with van der Waals surface area (Å²) >= 11 is 12.1. The lowest BCUT2D eigenvalue weighted by Crippen LogP contribution is -2.50. The molecule has 11 heteroatoms. The number of carboxylic acids is 1. The van der Waals surface area contributed by atoms with Crippen LogP contribution >= 0.6 is 23.2 Å². The SMILES string of the molecule is O=C(Nc1ccc(CC(NS(=O)(=O)N2CCCCC2)C(=O)O)cc1)c1c(Cl)cccc1Cl. The fraction of sp³-hybridized carbons (Fsp3) is 0.333. The number of amides is 1. The van der Waals surface area contributed by atoms with Crippen LogP contribution < -0.4 is 10.0 Å². The van der Waals surface area contributed by atoms with Crippen molar-refractivity contribution in [1.82, 2.24) is 9.03 Å². The smallest absolute Gasteiger partial charge is 0.322 e. The standard InChI is InChI=1S/C21H23Cl2N3O5S/c22-16-5-4-6-17(23)19(16)20(27)24-15-9-7-14(8-10-15)13-18(21(28)29)25-32(30,31)26-11-2-1-3-12-26/h4-10,18,25H,1-3,11-13H2,(H,24,27)(H,28,29). The zero-order chi connectivity index (χ0) is 23.3. The normalized spacial score (nSPS) is 15.8. The molecular formula is C21H23Cl2N3O5S. The third-order valence-corrected chi connectivity index (χ3v) is 7.34. The second-order valence-electron chi connectivity index (χ2n) is 7.43. The Morgan fingerprint density at radius 2 is 1.59 bits per heavy atom. The van der Waals surface area contributed by atoms with E-state index < -0.39 is 28.1 Å². The number of hydrogen-bond acceptors (Lipinski definition) is 4. The number of hydrogen-bond donors (Lipinski definition) is 3. The minimum absolute atomic E-state index is 0.0486. The monoisotopic (exact) mass is 499 g/mol. The third-order valence-electron chi connectivity index (χ3n) is 5.09. The molecule has 0 radical (unpaired) electrons. The van der Waals surface area contributed by atoms with Gasteiger partial charge in [0.1, 0.15) is 6.04 Å². The summed E-state index contributed by atoms with van der Waals surface area (Å²) in [6, 6.07) is 9.86. The first-order chi connectivity index (χ1) is 15.2. The van der Waals surface area contributed by atoms with Crippen molar-refractivity contribution in [2.45, 2.75) is 31.7 Å². The highest BCUT2D eigenvalue weighted by molar-refractivity contribution is 7.87. The van der Waals surface area contributed by atoms with Crippen molar-refractivity contribution >= 4 is 51.0 Å². The molecule has 0 spiro atoms. The predicted molar refractivity (Wildman–Crippen MR) is 123 cm³/mol. The second kappa shape index (κ2) is 10.6. The maximum atomic E-state index is 12.5. The van der Waals surface area contributed by atoms with Gasteiger partial charge in [0, 0.05) is 18.8 Å². The number of piperidine rings is 1. The number of carbonyl (C=O) groups is 2. The molecule has 1 fully saturated rings. The summed E-state index contributed by atoms with van der Waals surface area (Å²) in [6.45, 7) is 0.761. The topological polar surface area (TPSA) is 116 Å². The van der Waals surface area contributed by atoms with Gasteiger partial charge in [-0.05, 0) is 49.1 Å². The molecule has 0 aliphatic carbocycles. The van der Waals surface area contributed by atoms with Crippen LogP contribution in [0.5, 0.6) is 0 Å². The van der Waals surface area contributed by atoms with Crippen molar-refractivity contribution in [3.63, 3.8) is 0 Å². The lowest BCUT2D eigenvalue weighted by Gasteiger charge is -2.27. The Morgan fingerprint density at radius 3 is 2.16 bits per heavy atom. The van der Waals surface area contributed by atoms with Crippen LogP contribution in [0.15, 0.2) is 42.5 Å². The zero-order valence-corrected chi connectivity index (χ0v) is 19.4. The van der Waals surface area contributed by atoms with E-state index in [1.807, 2.05) is 0 Å². The van der Waals surface area contributed by atoms with Crippen LogP contribution in [0.2, 0.25) is 10.0 Å². The predicted octanol–water partition coefficient (Wildman–Crippen LogP) is 3.56. The first-order valence-corrected chi connectivity index (χ1v) is 12.2. The van der Waals surface area contributed by atoms with E-state index in [1.54, 1.807) is 42.5 Å². The van der Waals surface area contributed by atoms with Gasteiger partial charge >= 0.3 is 5.97 Å². The minimum atomic E-state index is -3.89. The van der Waals surface area contributed by atoms with E-state index in [0.29, 0.717) is 24.3 Å². The molecule has 1 aliphatic rings. The van der Waals surface area contributed by atoms with Crippen LogP contribution in [-0.2, 0) is 21.4 Å². The summed E-state index contributed by atoms with van der Waals surface area (Å²) in [7, 11) is -3.89. The number of rotatable bonds is 8. The Kier molecular flexibility index (Phi) is 8.13. The fourth-order valence-electron chi connectivity index (χ4n) is 3.41. The molecular weight excluding hydrogens is 477 g/mol. The van der Waals surface area contributed by atoms with Crippen LogP contribution in [-0.4, -0.2) is 48.8 Å². The van der Waals surface area contributed by atoms with Crippen molar-refractivity contribution in [3.8, 4) is 0 Å². The highest BCUT2D eigenvalue weighted by Crippen LogP contribution is 2.25. The van der Waals surface area contributed by atoms with E-state index in [-0.39, 0.29) is 22.0 Å². The van der Waals surface area contributed by atoms with Crippen molar-refractivity contribution in [2.24, 2.45) is 0 Å². The van der Waals surface area contributed by atoms with Gasteiger partial charge in [0.25, 0.3) is 16.1 Å². The van der Waals surface area contributed by atoms with Crippen molar-refractivity contribution in [3.05, 3.63) is 63.6 Å². The molecule has 1 atom stereocenters. The molecule has 172 valence electrons. The third kappa shape index (κ3) is 6.20. The molecule has 8 nitrogen and oxygen atoms in total. The number of halogens is 2. The highest BCUT2D eigenvalue weighted by atomic mass is 35.5. The first-order valence-electron chi connectivity index (χ1n) is 10.0. The summed E-state index contributed by atoms with van der Waals surface area (Å²) in [6.07, 6.45) is 2.42. The largest absolute Gasteiger partial charge is 0.480 e. The summed E-state index contributed by atoms with van der Waals surface area (Å²) in [5, 5.41) is 12.6. The Balaban J connectivity index is 1.66. The van der Waals surface area contributed by atoms with E-state index in [4.69, 9.17) is 23.2 Å². The van der Waals surface area contributed by atoms with E-state index in [9.17, 15) is 23.1 Å². The molecule has 1 amide bonds. The van der Waals surface area contributed by atoms with Gasteiger partial charge in [0.2, 0.25) is 0 Å². The Bertz CT molecular complexity index is 1070. The van der Waals surface area contributed by atoms with Gasteiger partial charge < -0.3 is 10.4 Å². The number of nitrogens with zero attached hydrogens (tertiary/aromatic N) is 1. The molecule has 3 rings (SSSR count). The molecule has 3 N–H and O–H groups in total. The first kappa shape index (κ1) is 24.5. The van der Waals surface area contributed by atoms with Crippen LogP contribution in [0, 0.1) is 0 Å². The summed E-state index contributed by atoms with van der Waals surface area (Å²) in [5.74, 6) is -1.75. The molecule has 1 heterocycles. The summed E-state index contributed by atoms with van der Waals surface area (Å²) < 4.78 is 28.7. The van der Waals surface area contributed by atoms with E-state index >= 15 is 0 Å². The highest BCUT2D eigenvalue weighted by Gasteiger charge is 2.30. The van der Waals surface area contributed by atoms with Gasteiger partial charge in [0.05, 0.1) is 15.6 Å². The van der Waals surface area contributed by atoms with Crippen LogP contribution in [0.25, 0.3) is 0 Å². The molecule has 1 unspecified atom stereocenters. The Morgan fingerprint density at radius 1 is 1.00 bits per heavy atom. The van der Waals surface area contributed by atoms with Gasteiger partial charge in [-0.1, -0.05) is 47.8 Å². The Hall–Kier alpha value is -2.17. The van der Waals surface area contributed by atoms with E-state index in [0.717, 1.165) is 19.3 Å². The maximum absolute atomic E-state index is 12.5. The number of benzene rings is 2. The van der Waals surface area contributed by atoms with Crippen molar-refractivity contribution < 1.29 is 23.1 Å². The molecule has 32 heavy (non-hydrogen) atoms. The molecule has 0 aromatic heterocycles. The maximum Gasteiger partial charge on any atom is 0.322 e. The van der Waals surface area contributed by atoms with Gasteiger partial charge in [-0.15, -0.1) is 0 Å². The average Bonchev–Trinajstić information content (AvgIpc) is 2.75. The average molecular weight is 500 g/mol. The fourth-order valence-corrected chi connectivity index (χ4v) is 5.41. The van der Waals surface area contributed by atoms with Gasteiger partial charge in [-0.3, -0.25) is 9.59 Å². The number of carboxylic acid groups (broad SMARTS) is 1. The lowest BCUT2D eigenvalue weighted by molar-refractivity contribution is -0.138. The zero-order valence-electron chi connectivity index (χ0n) is 17.1. The molecule has 2 aromatic rings. The number of aliphatic carboxylic acids is 1. The number of nitrogens with one attached hydrogen (secondary N) is 2. The molecule has 2 aromatic carbocycles. The quantitative estimate of drug-likeness (QED) is 0.513. The molecule has 0 saturated carbocycles. The summed E-state index contributed by atoms with van der Waals surface area (Å²) in [5.41, 5.74) is 1.20. The molecule has 0 bridgehead atoms. The van der Waals surface area contributed by atoms with E-state index in [2.05, 4.69) is 10.0 Å². The summed E-state index contributed by atoms with van der Waals surface area (Å²) in [4.78, 5) is 24.1. The van der Waals surface area contributed by atoms with Gasteiger partial charge in [-0.25, -0.2) is 0 Å². The van der Waals surface area contributed by atoms with Crippen molar-refractivity contribution in [2.75, 3.05) is 18.4 Å². The minimum Gasteiger partial charge on any atom is -0.480 e. The lowest BCUT2D eigenvalue weighted by atomic mass is 10.1. The second-order valence-corrected chi connectivity index (χ2v) is 9.94.